The highest BCUT2D eigenvalue weighted by molar-refractivity contribution is 7.98. The second kappa shape index (κ2) is 6.77. The van der Waals surface area contributed by atoms with Gasteiger partial charge in [-0.15, -0.1) is 11.3 Å². The number of thiophene rings is 1. The summed E-state index contributed by atoms with van der Waals surface area (Å²) in [5, 5.41) is 4.81. The number of rotatable bonds is 6. The Bertz CT molecular complexity index is 556. The average Bonchev–Trinajstić information content (AvgIpc) is 2.79. The Morgan fingerprint density at radius 2 is 2.26 bits per heavy atom. The van der Waals surface area contributed by atoms with E-state index in [0.717, 1.165) is 34.8 Å². The number of aromatic nitrogens is 2. The Labute approximate surface area is 127 Å². The van der Waals surface area contributed by atoms with Crippen molar-refractivity contribution in [3.05, 3.63) is 16.2 Å². The molecule has 104 valence electrons. The van der Waals surface area contributed by atoms with Gasteiger partial charge in [-0.1, -0.05) is 13.8 Å². The van der Waals surface area contributed by atoms with Crippen LogP contribution in [0.5, 0.6) is 0 Å². The van der Waals surface area contributed by atoms with Gasteiger partial charge in [0.25, 0.3) is 0 Å². The van der Waals surface area contributed by atoms with E-state index in [1.54, 1.807) is 11.3 Å². The third kappa shape index (κ3) is 3.74. The first kappa shape index (κ1) is 14.9. The zero-order valence-corrected chi connectivity index (χ0v) is 13.8. The third-order valence-corrected chi connectivity index (χ3v) is 5.08. The quantitative estimate of drug-likeness (QED) is 0.806. The smallest absolute Gasteiger partial charge is 0.225 e. The van der Waals surface area contributed by atoms with E-state index in [9.17, 15) is 0 Å². The fourth-order valence-electron chi connectivity index (χ4n) is 1.87. The molecule has 0 aromatic carbocycles. The summed E-state index contributed by atoms with van der Waals surface area (Å²) in [5.74, 6) is 2.60. The molecule has 0 radical (unpaired) electrons. The third-order valence-electron chi connectivity index (χ3n) is 2.83. The number of aryl methyl sites for hydroxylation is 1. The molecule has 0 bridgehead atoms. The van der Waals surface area contributed by atoms with Gasteiger partial charge in [0, 0.05) is 11.4 Å². The summed E-state index contributed by atoms with van der Waals surface area (Å²) < 4.78 is 0. The summed E-state index contributed by atoms with van der Waals surface area (Å²) in [6.45, 7) is 5.28. The Hall–Kier alpha value is -0.520. The van der Waals surface area contributed by atoms with Crippen LogP contribution in [0, 0.1) is 5.92 Å². The molecule has 0 aliphatic rings. The van der Waals surface area contributed by atoms with Crippen LogP contribution in [0.1, 0.15) is 18.7 Å². The van der Waals surface area contributed by atoms with Crippen molar-refractivity contribution in [3.63, 3.8) is 0 Å². The highest BCUT2D eigenvalue weighted by Gasteiger charge is 2.11. The molecule has 2 heterocycles. The first-order valence-corrected chi connectivity index (χ1v) is 8.91. The van der Waals surface area contributed by atoms with Crippen molar-refractivity contribution in [1.82, 2.24) is 9.97 Å². The zero-order chi connectivity index (χ0) is 13.8. The van der Waals surface area contributed by atoms with Gasteiger partial charge in [-0.25, -0.2) is 9.97 Å². The van der Waals surface area contributed by atoms with Crippen molar-refractivity contribution in [2.24, 2.45) is 5.92 Å². The van der Waals surface area contributed by atoms with Crippen molar-refractivity contribution >= 4 is 50.7 Å². The Morgan fingerprint density at radius 3 is 2.95 bits per heavy atom. The molecule has 19 heavy (non-hydrogen) atoms. The average molecular weight is 316 g/mol. The maximum absolute atomic E-state index is 5.99. The molecular formula is C13H18ClN3S2. The Balaban J connectivity index is 2.23. The van der Waals surface area contributed by atoms with Crippen molar-refractivity contribution in [3.8, 4) is 0 Å². The maximum atomic E-state index is 5.99. The summed E-state index contributed by atoms with van der Waals surface area (Å²) in [6.07, 6.45) is 3.14. The number of thioether (sulfide) groups is 1. The number of fused-ring (bicyclic) bond motifs is 1. The van der Waals surface area contributed by atoms with E-state index in [2.05, 4.69) is 41.5 Å². The number of nitrogens with zero attached hydrogens (tertiary/aromatic N) is 2. The normalized spacial score (nSPS) is 12.8. The number of nitrogens with one attached hydrogen (secondary N) is 1. The van der Waals surface area contributed by atoms with E-state index >= 15 is 0 Å². The van der Waals surface area contributed by atoms with Crippen molar-refractivity contribution in [2.45, 2.75) is 20.3 Å². The van der Waals surface area contributed by atoms with E-state index in [0.29, 0.717) is 11.2 Å². The summed E-state index contributed by atoms with van der Waals surface area (Å²) in [4.78, 5) is 10.9. The number of halogens is 1. The molecule has 2 rings (SSSR count). The highest BCUT2D eigenvalue weighted by Crippen LogP contribution is 2.30. The van der Waals surface area contributed by atoms with Gasteiger partial charge < -0.3 is 5.32 Å². The van der Waals surface area contributed by atoms with E-state index in [1.807, 2.05) is 11.8 Å². The molecule has 6 heteroatoms. The van der Waals surface area contributed by atoms with Crippen LogP contribution in [0.25, 0.3) is 10.2 Å². The largest absolute Gasteiger partial charge is 0.369 e. The maximum Gasteiger partial charge on any atom is 0.225 e. The van der Waals surface area contributed by atoms with E-state index in [4.69, 9.17) is 11.6 Å². The number of hydrogen-bond donors (Lipinski definition) is 1. The number of hydrogen-bond acceptors (Lipinski definition) is 5. The van der Waals surface area contributed by atoms with Gasteiger partial charge in [0.15, 0.2) is 0 Å². The standard InChI is InChI=1S/C13H18ClN3S2/c1-4-9-5-10-11(15-6-8(2)7-18-3)16-13(14)17-12(10)19-9/h5,8H,4,6-7H2,1-3H3,(H,15,16,17). The zero-order valence-electron chi connectivity index (χ0n) is 11.4. The first-order chi connectivity index (χ1) is 9.13. The van der Waals surface area contributed by atoms with E-state index in [-0.39, 0.29) is 0 Å². The lowest BCUT2D eigenvalue weighted by atomic mass is 10.2. The van der Waals surface area contributed by atoms with Gasteiger partial charge in [0.2, 0.25) is 5.28 Å². The minimum Gasteiger partial charge on any atom is -0.369 e. The van der Waals surface area contributed by atoms with Gasteiger partial charge in [-0.3, -0.25) is 0 Å². The summed E-state index contributed by atoms with van der Waals surface area (Å²) >= 11 is 9.55. The monoisotopic (exact) mass is 315 g/mol. The topological polar surface area (TPSA) is 37.8 Å². The molecule has 3 nitrogen and oxygen atoms in total. The lowest BCUT2D eigenvalue weighted by Crippen LogP contribution is -2.14. The van der Waals surface area contributed by atoms with Crippen LogP contribution in [0.15, 0.2) is 6.07 Å². The first-order valence-electron chi connectivity index (χ1n) is 6.32. The summed E-state index contributed by atoms with van der Waals surface area (Å²) in [6, 6.07) is 2.16. The number of anilines is 1. The Kier molecular flexibility index (Phi) is 5.30. The molecule has 0 aliphatic carbocycles. The molecule has 0 saturated heterocycles. The molecule has 0 saturated carbocycles. The second-order valence-corrected chi connectivity index (χ2v) is 6.93. The summed E-state index contributed by atoms with van der Waals surface area (Å²) in [7, 11) is 0. The Morgan fingerprint density at radius 1 is 1.47 bits per heavy atom. The lowest BCUT2D eigenvalue weighted by molar-refractivity contribution is 0.700. The van der Waals surface area contributed by atoms with Crippen LogP contribution in [-0.4, -0.2) is 28.5 Å². The minimum absolute atomic E-state index is 0.317. The molecule has 0 amide bonds. The van der Waals surface area contributed by atoms with Gasteiger partial charge in [0.1, 0.15) is 10.6 Å². The van der Waals surface area contributed by atoms with E-state index < -0.39 is 0 Å². The van der Waals surface area contributed by atoms with Crippen LogP contribution in [0.4, 0.5) is 5.82 Å². The van der Waals surface area contributed by atoms with Crippen LogP contribution in [0.2, 0.25) is 5.28 Å². The molecule has 0 aliphatic heterocycles. The molecule has 2 aromatic rings. The van der Waals surface area contributed by atoms with Gasteiger partial charge in [0.05, 0.1) is 5.39 Å². The molecule has 0 spiro atoms. The summed E-state index contributed by atoms with van der Waals surface area (Å²) in [5.41, 5.74) is 0. The lowest BCUT2D eigenvalue weighted by Gasteiger charge is -2.12. The molecule has 2 aromatic heterocycles. The molecule has 1 N–H and O–H groups in total. The molecule has 1 atom stereocenters. The van der Waals surface area contributed by atoms with Gasteiger partial charge in [-0.05, 0) is 42.0 Å². The second-order valence-electron chi connectivity index (χ2n) is 4.57. The van der Waals surface area contributed by atoms with Gasteiger partial charge in [-0.2, -0.15) is 11.8 Å². The highest BCUT2D eigenvalue weighted by atomic mass is 35.5. The predicted octanol–water partition coefficient (Wildman–Crippen LogP) is 4.32. The van der Waals surface area contributed by atoms with Crippen LogP contribution >= 0.6 is 34.7 Å². The van der Waals surface area contributed by atoms with Gasteiger partial charge >= 0.3 is 0 Å². The predicted molar refractivity (Wildman–Crippen MR) is 87.8 cm³/mol. The van der Waals surface area contributed by atoms with Crippen LogP contribution in [-0.2, 0) is 6.42 Å². The molecule has 0 fully saturated rings. The van der Waals surface area contributed by atoms with Crippen LogP contribution < -0.4 is 5.32 Å². The fraction of sp³-hybridized carbons (Fsp3) is 0.538. The minimum atomic E-state index is 0.317. The van der Waals surface area contributed by atoms with Crippen molar-refractivity contribution in [1.29, 1.82) is 0 Å². The fourth-order valence-corrected chi connectivity index (χ4v) is 3.74. The SMILES string of the molecule is CCc1cc2c(NCC(C)CSC)nc(Cl)nc2s1. The molecule has 1 unspecified atom stereocenters. The van der Waals surface area contributed by atoms with E-state index in [1.165, 1.54) is 4.88 Å². The van der Waals surface area contributed by atoms with Crippen molar-refractivity contribution in [2.75, 3.05) is 23.9 Å². The van der Waals surface area contributed by atoms with Crippen molar-refractivity contribution < 1.29 is 0 Å². The molecular weight excluding hydrogens is 298 g/mol. The van der Waals surface area contributed by atoms with Crippen LogP contribution in [0.3, 0.4) is 0 Å².